The Kier molecular flexibility index (Phi) is 36.8. The maximum Gasteiger partial charge on any atom is 0.472 e. The number of carbonyl (C=O) groups is 2. The third-order valence-corrected chi connectivity index (χ3v) is 8.75. The Bertz CT molecular complexity index is 1140. The van der Waals surface area contributed by atoms with Crippen molar-refractivity contribution < 1.29 is 37.6 Å². The van der Waals surface area contributed by atoms with Gasteiger partial charge in [-0.15, -0.1) is 0 Å². The van der Waals surface area contributed by atoms with Crippen molar-refractivity contribution in [3.63, 3.8) is 0 Å². The quantitative estimate of drug-likeness (QED) is 0.0277. The Labute approximate surface area is 322 Å². The minimum absolute atomic E-state index is 0.0388. The smallest absolute Gasteiger partial charge is 0.462 e. The SMILES string of the molecule is CCC=CCC=CCC=CCC=CCCCCCCC(=O)OCC(COP(=O)(O)OCCN)OC(=O)CCCCC=CCC=CCC=CCCCCC. The number of hydrogen-bond donors (Lipinski definition) is 2. The van der Waals surface area contributed by atoms with Gasteiger partial charge in [0.15, 0.2) is 6.10 Å². The van der Waals surface area contributed by atoms with Crippen LogP contribution in [0.25, 0.3) is 0 Å². The van der Waals surface area contributed by atoms with Crippen LogP contribution in [0.3, 0.4) is 0 Å². The molecule has 0 rings (SSSR count). The summed E-state index contributed by atoms with van der Waals surface area (Å²) in [6, 6.07) is 0. The van der Waals surface area contributed by atoms with Gasteiger partial charge in [0, 0.05) is 19.4 Å². The van der Waals surface area contributed by atoms with Crippen molar-refractivity contribution in [2.45, 2.75) is 148 Å². The number of hydrogen-bond acceptors (Lipinski definition) is 8. The minimum Gasteiger partial charge on any atom is -0.462 e. The van der Waals surface area contributed by atoms with Crippen LogP contribution in [0.15, 0.2) is 85.1 Å². The molecule has 0 aromatic rings. The molecular formula is C43H72NO8P. The molecule has 2 atom stereocenters. The number of allylic oxidation sites excluding steroid dienone is 14. The van der Waals surface area contributed by atoms with Crippen LogP contribution in [0.2, 0.25) is 0 Å². The van der Waals surface area contributed by atoms with Gasteiger partial charge in [0.25, 0.3) is 0 Å². The van der Waals surface area contributed by atoms with Crippen molar-refractivity contribution in [2.75, 3.05) is 26.4 Å². The highest BCUT2D eigenvalue weighted by molar-refractivity contribution is 7.47. The summed E-state index contributed by atoms with van der Waals surface area (Å²) in [6.45, 7) is 3.48. The first-order chi connectivity index (χ1) is 25.8. The molecule has 0 saturated heterocycles. The summed E-state index contributed by atoms with van der Waals surface area (Å²) in [5.74, 6) is -0.912. The van der Waals surface area contributed by atoms with Gasteiger partial charge in [-0.25, -0.2) is 4.57 Å². The number of carbonyl (C=O) groups excluding carboxylic acids is 2. The van der Waals surface area contributed by atoms with Gasteiger partial charge in [-0.2, -0.15) is 0 Å². The average molecular weight is 762 g/mol. The second-order valence-corrected chi connectivity index (χ2v) is 14.2. The van der Waals surface area contributed by atoms with Crippen LogP contribution in [0.4, 0.5) is 0 Å². The largest absolute Gasteiger partial charge is 0.472 e. The number of phosphoric acid groups is 1. The molecule has 0 spiro atoms. The predicted molar refractivity (Wildman–Crippen MR) is 219 cm³/mol. The lowest BCUT2D eigenvalue weighted by Crippen LogP contribution is -2.29. The lowest BCUT2D eigenvalue weighted by atomic mass is 10.1. The number of rotatable bonds is 36. The molecule has 9 nitrogen and oxygen atoms in total. The number of nitrogens with two attached hydrogens (primary N) is 1. The number of unbranched alkanes of at least 4 members (excludes halogenated alkanes) is 9. The minimum atomic E-state index is -4.40. The zero-order valence-corrected chi connectivity index (χ0v) is 33.9. The summed E-state index contributed by atoms with van der Waals surface area (Å²) < 4.78 is 32.6. The van der Waals surface area contributed by atoms with E-state index in [0.29, 0.717) is 12.8 Å². The average Bonchev–Trinajstić information content (AvgIpc) is 3.14. The third-order valence-electron chi connectivity index (χ3n) is 7.77. The van der Waals surface area contributed by atoms with Crippen molar-refractivity contribution in [3.8, 4) is 0 Å². The van der Waals surface area contributed by atoms with Crippen LogP contribution < -0.4 is 5.73 Å². The van der Waals surface area contributed by atoms with Crippen LogP contribution in [0.5, 0.6) is 0 Å². The molecule has 302 valence electrons. The van der Waals surface area contributed by atoms with E-state index in [0.717, 1.165) is 83.5 Å². The Morgan fingerprint density at radius 1 is 0.585 bits per heavy atom. The van der Waals surface area contributed by atoms with Gasteiger partial charge in [0.1, 0.15) is 6.61 Å². The van der Waals surface area contributed by atoms with E-state index >= 15 is 0 Å². The van der Waals surface area contributed by atoms with Crippen molar-refractivity contribution in [1.82, 2.24) is 0 Å². The van der Waals surface area contributed by atoms with Gasteiger partial charge in [-0.1, -0.05) is 125 Å². The molecule has 0 aromatic carbocycles. The van der Waals surface area contributed by atoms with Gasteiger partial charge < -0.3 is 20.1 Å². The Balaban J connectivity index is 4.33. The highest BCUT2D eigenvalue weighted by atomic mass is 31.2. The molecule has 0 aromatic heterocycles. The fraction of sp³-hybridized carbons (Fsp3) is 0.628. The molecule has 0 aliphatic heterocycles. The predicted octanol–water partition coefficient (Wildman–Crippen LogP) is 11.3. The third kappa shape index (κ3) is 38.7. The molecule has 0 fully saturated rings. The first-order valence-electron chi connectivity index (χ1n) is 20.1. The fourth-order valence-electron chi connectivity index (χ4n) is 4.81. The standard InChI is InChI=1S/C43H72NO8P/c1-3-5-7-9-11-13-15-17-19-20-22-23-25-27-29-31-33-35-42(45)49-39-41(40-51-53(47,48)50-38-37-44)52-43(46)36-34-32-30-28-26-24-21-18-16-14-12-10-8-6-4-2/h5,7,11-14,17-19,21-23,26,28,41H,3-4,6,8-10,15-16,20,24-25,27,29-40,44H2,1-2H3,(H,47,48). The first kappa shape index (κ1) is 50.2. The highest BCUT2D eigenvalue weighted by Crippen LogP contribution is 2.43. The Morgan fingerprint density at radius 3 is 1.57 bits per heavy atom. The maximum atomic E-state index is 12.5. The normalized spacial score (nSPS) is 14.3. The lowest BCUT2D eigenvalue weighted by molar-refractivity contribution is -0.161. The maximum absolute atomic E-state index is 12.5. The van der Waals surface area contributed by atoms with Crippen molar-refractivity contribution >= 4 is 19.8 Å². The van der Waals surface area contributed by atoms with Crippen LogP contribution in [0.1, 0.15) is 142 Å². The zero-order valence-electron chi connectivity index (χ0n) is 33.0. The lowest BCUT2D eigenvalue weighted by Gasteiger charge is -2.19. The Hall–Kier alpha value is -2.81. The molecule has 0 radical (unpaired) electrons. The zero-order chi connectivity index (χ0) is 38.9. The fourth-order valence-corrected chi connectivity index (χ4v) is 5.57. The molecule has 0 aliphatic rings. The monoisotopic (exact) mass is 761 g/mol. The van der Waals surface area contributed by atoms with Gasteiger partial charge in [0.2, 0.25) is 0 Å². The topological polar surface area (TPSA) is 134 Å². The van der Waals surface area contributed by atoms with Gasteiger partial charge >= 0.3 is 19.8 Å². The molecule has 0 bridgehead atoms. The molecule has 0 aliphatic carbocycles. The van der Waals surface area contributed by atoms with E-state index in [1.165, 1.54) is 19.3 Å². The molecule has 0 heterocycles. The van der Waals surface area contributed by atoms with Crippen molar-refractivity contribution in [2.24, 2.45) is 5.73 Å². The van der Waals surface area contributed by atoms with Gasteiger partial charge in [-0.05, 0) is 89.9 Å². The molecule has 3 N–H and O–H groups in total. The molecular weight excluding hydrogens is 689 g/mol. The summed E-state index contributed by atoms with van der Waals surface area (Å²) in [6.07, 6.45) is 47.6. The van der Waals surface area contributed by atoms with Crippen molar-refractivity contribution in [3.05, 3.63) is 85.1 Å². The van der Waals surface area contributed by atoms with E-state index in [9.17, 15) is 19.0 Å². The molecule has 10 heteroatoms. The molecule has 2 unspecified atom stereocenters. The molecule has 0 amide bonds. The van der Waals surface area contributed by atoms with Crippen LogP contribution in [-0.4, -0.2) is 49.3 Å². The van der Waals surface area contributed by atoms with Gasteiger partial charge in [0.05, 0.1) is 13.2 Å². The first-order valence-corrected chi connectivity index (χ1v) is 21.6. The second-order valence-electron chi connectivity index (χ2n) is 12.8. The second kappa shape index (κ2) is 38.9. The van der Waals surface area contributed by atoms with Crippen molar-refractivity contribution in [1.29, 1.82) is 0 Å². The summed E-state index contributed by atoms with van der Waals surface area (Å²) in [5, 5.41) is 0. The van der Waals surface area contributed by atoms with E-state index in [-0.39, 0.29) is 32.6 Å². The van der Waals surface area contributed by atoms with Gasteiger partial charge in [-0.3, -0.25) is 18.6 Å². The highest BCUT2D eigenvalue weighted by Gasteiger charge is 2.25. The van der Waals surface area contributed by atoms with Crippen LogP contribution in [0, 0.1) is 0 Å². The Morgan fingerprint density at radius 2 is 1.04 bits per heavy atom. The summed E-state index contributed by atoms with van der Waals surface area (Å²) in [4.78, 5) is 34.8. The van der Waals surface area contributed by atoms with Crippen LogP contribution in [-0.2, 0) is 32.7 Å². The molecule has 53 heavy (non-hydrogen) atoms. The number of ether oxygens (including phenoxy) is 2. The van der Waals surface area contributed by atoms with E-state index in [4.69, 9.17) is 24.3 Å². The number of phosphoric ester groups is 1. The van der Waals surface area contributed by atoms with E-state index in [1.54, 1.807) is 0 Å². The summed E-state index contributed by atoms with van der Waals surface area (Å²) >= 11 is 0. The summed E-state index contributed by atoms with van der Waals surface area (Å²) in [5.41, 5.74) is 5.33. The van der Waals surface area contributed by atoms with E-state index in [2.05, 4.69) is 98.9 Å². The number of esters is 2. The summed E-state index contributed by atoms with van der Waals surface area (Å²) in [7, 11) is -4.40. The van der Waals surface area contributed by atoms with E-state index in [1.807, 2.05) is 0 Å². The van der Waals surface area contributed by atoms with E-state index < -0.39 is 32.5 Å². The molecule has 0 saturated carbocycles. The van der Waals surface area contributed by atoms with Crippen LogP contribution >= 0.6 is 7.82 Å².